The number of fused-ring (bicyclic) bond motifs is 1. The second-order valence-electron chi connectivity index (χ2n) is 6.45. The van der Waals surface area contributed by atoms with Gasteiger partial charge < -0.3 is 9.67 Å². The van der Waals surface area contributed by atoms with Gasteiger partial charge in [-0.3, -0.25) is 4.79 Å². The molecule has 1 aromatic heterocycles. The minimum atomic E-state index is -0.335. The summed E-state index contributed by atoms with van der Waals surface area (Å²) in [5.74, 6) is -0.270. The molecule has 0 radical (unpaired) electrons. The Morgan fingerprint density at radius 3 is 2.65 bits per heavy atom. The molecule has 2 aromatic carbocycles. The Bertz CT molecular complexity index is 943. The molecule has 1 amide bonds. The zero-order chi connectivity index (χ0) is 18.5. The molecule has 0 fully saturated rings. The average molecular weight is 349 g/mol. The van der Waals surface area contributed by atoms with Crippen molar-refractivity contribution in [3.63, 3.8) is 0 Å². The van der Waals surface area contributed by atoms with Gasteiger partial charge in [-0.05, 0) is 31.0 Å². The minimum Gasteiger partial charge on any atom is -0.493 e. The number of aromatic nitrogens is 1. The van der Waals surface area contributed by atoms with E-state index >= 15 is 0 Å². The Hall–Kier alpha value is -2.95. The van der Waals surface area contributed by atoms with Gasteiger partial charge >= 0.3 is 0 Å². The highest BCUT2D eigenvalue weighted by molar-refractivity contribution is 5.95. The molecule has 134 valence electrons. The van der Waals surface area contributed by atoms with Crippen molar-refractivity contribution >= 4 is 22.5 Å². The van der Waals surface area contributed by atoms with Crippen LogP contribution in [0.4, 0.5) is 5.69 Å². The van der Waals surface area contributed by atoms with Gasteiger partial charge in [0.15, 0.2) is 5.69 Å². The summed E-state index contributed by atoms with van der Waals surface area (Å²) in [6.45, 7) is 4.80. The van der Waals surface area contributed by atoms with Crippen LogP contribution in [-0.2, 0) is 17.8 Å². The summed E-state index contributed by atoms with van der Waals surface area (Å²) in [6, 6.07) is 15.4. The first-order valence-electron chi connectivity index (χ1n) is 8.90. The third kappa shape index (κ3) is 3.82. The van der Waals surface area contributed by atoms with Gasteiger partial charge in [0.1, 0.15) is 0 Å². The highest BCUT2D eigenvalue weighted by Gasteiger charge is 2.17. The quantitative estimate of drug-likeness (QED) is 0.613. The highest BCUT2D eigenvalue weighted by atomic mass is 16.3. The Balaban J connectivity index is 1.92. The molecule has 0 aliphatic rings. The van der Waals surface area contributed by atoms with Gasteiger partial charge in [-0.25, -0.2) is 0 Å². The van der Waals surface area contributed by atoms with Gasteiger partial charge in [0.05, 0.1) is 11.9 Å². The van der Waals surface area contributed by atoms with Crippen LogP contribution in [0.1, 0.15) is 30.9 Å². The molecule has 0 unspecified atom stereocenters. The van der Waals surface area contributed by atoms with Crippen LogP contribution in [0.25, 0.3) is 10.9 Å². The van der Waals surface area contributed by atoms with Gasteiger partial charge in [-0.2, -0.15) is 0 Å². The molecule has 1 N–H and O–H groups in total. The summed E-state index contributed by atoms with van der Waals surface area (Å²) in [6.07, 6.45) is 2.17. The fourth-order valence-corrected chi connectivity index (χ4v) is 2.99. The fraction of sp³-hybridized carbons (Fsp3) is 0.286. The molecular formula is C21H23N3O2. The number of nitrogens with zero attached hydrogens (tertiary/aromatic N) is 3. The van der Waals surface area contributed by atoms with Crippen LogP contribution in [0.2, 0.25) is 0 Å². The zero-order valence-corrected chi connectivity index (χ0v) is 15.1. The lowest BCUT2D eigenvalue weighted by molar-refractivity contribution is -0.117. The number of carbonyl (C=O) groups excluding carboxylic acids is 1. The van der Waals surface area contributed by atoms with Crippen molar-refractivity contribution in [2.45, 2.75) is 39.7 Å². The van der Waals surface area contributed by atoms with E-state index in [4.69, 9.17) is 0 Å². The van der Waals surface area contributed by atoms with Crippen LogP contribution >= 0.6 is 0 Å². The van der Waals surface area contributed by atoms with E-state index in [0.29, 0.717) is 12.2 Å². The summed E-state index contributed by atoms with van der Waals surface area (Å²) in [7, 11) is 0. The van der Waals surface area contributed by atoms with Crippen molar-refractivity contribution in [2.24, 2.45) is 10.2 Å². The molecule has 5 heteroatoms. The number of aryl methyl sites for hydroxylation is 2. The number of amides is 1. The van der Waals surface area contributed by atoms with E-state index < -0.39 is 0 Å². The van der Waals surface area contributed by atoms with Crippen LogP contribution in [0.3, 0.4) is 0 Å². The van der Waals surface area contributed by atoms with Gasteiger partial charge in [0, 0.05) is 11.9 Å². The molecular weight excluding hydrogens is 326 g/mol. The maximum Gasteiger partial charge on any atom is 0.269 e. The van der Waals surface area contributed by atoms with Gasteiger partial charge in [0.2, 0.25) is 5.88 Å². The Morgan fingerprint density at radius 2 is 1.92 bits per heavy atom. The molecule has 0 saturated heterocycles. The molecule has 0 aliphatic heterocycles. The Morgan fingerprint density at radius 1 is 1.15 bits per heavy atom. The topological polar surface area (TPSA) is 66.9 Å². The van der Waals surface area contributed by atoms with Crippen molar-refractivity contribution in [1.82, 2.24) is 4.57 Å². The van der Waals surface area contributed by atoms with E-state index in [2.05, 4.69) is 17.2 Å². The maximum absolute atomic E-state index is 12.1. The SMILES string of the molecule is CCCCn1c(O)c(N=NC(=O)Cc2ccccc2)c2cc(C)ccc21. The molecule has 0 spiro atoms. The summed E-state index contributed by atoms with van der Waals surface area (Å²) in [4.78, 5) is 12.1. The first kappa shape index (κ1) is 17.9. The number of aromatic hydroxyl groups is 1. The lowest BCUT2D eigenvalue weighted by Crippen LogP contribution is -1.97. The van der Waals surface area contributed by atoms with Crippen molar-refractivity contribution in [3.05, 3.63) is 59.7 Å². The number of carbonyl (C=O) groups is 1. The second kappa shape index (κ2) is 7.95. The van der Waals surface area contributed by atoms with Crippen molar-refractivity contribution in [3.8, 4) is 5.88 Å². The number of rotatable bonds is 6. The summed E-state index contributed by atoms with van der Waals surface area (Å²) >= 11 is 0. The first-order chi connectivity index (χ1) is 12.6. The minimum absolute atomic E-state index is 0.0651. The number of azo groups is 1. The summed E-state index contributed by atoms with van der Waals surface area (Å²) in [5, 5.41) is 19.4. The van der Waals surface area contributed by atoms with E-state index in [1.54, 1.807) is 0 Å². The highest BCUT2D eigenvalue weighted by Crippen LogP contribution is 2.39. The van der Waals surface area contributed by atoms with E-state index in [9.17, 15) is 9.90 Å². The summed E-state index contributed by atoms with van der Waals surface area (Å²) < 4.78 is 1.84. The van der Waals surface area contributed by atoms with E-state index in [1.165, 1.54) is 0 Å². The molecule has 0 aliphatic carbocycles. The number of hydrogen-bond donors (Lipinski definition) is 1. The predicted octanol–water partition coefficient (Wildman–Crippen LogP) is 5.31. The normalized spacial score (nSPS) is 11.5. The smallest absolute Gasteiger partial charge is 0.269 e. The van der Waals surface area contributed by atoms with Crippen LogP contribution in [-0.4, -0.2) is 15.6 Å². The van der Waals surface area contributed by atoms with Crippen molar-refractivity contribution in [1.29, 1.82) is 0 Å². The molecule has 0 saturated carbocycles. The predicted molar refractivity (Wildman–Crippen MR) is 103 cm³/mol. The van der Waals surface area contributed by atoms with Crippen LogP contribution in [0.15, 0.2) is 58.8 Å². The third-order valence-electron chi connectivity index (χ3n) is 4.36. The van der Waals surface area contributed by atoms with Gasteiger partial charge in [-0.1, -0.05) is 55.3 Å². The number of unbranched alkanes of at least 4 members (excludes halogenated alkanes) is 1. The monoisotopic (exact) mass is 349 g/mol. The van der Waals surface area contributed by atoms with Crippen LogP contribution < -0.4 is 0 Å². The van der Waals surface area contributed by atoms with Crippen LogP contribution in [0.5, 0.6) is 5.88 Å². The number of benzene rings is 2. The first-order valence-corrected chi connectivity index (χ1v) is 8.90. The fourth-order valence-electron chi connectivity index (χ4n) is 2.99. The summed E-state index contributed by atoms with van der Waals surface area (Å²) in [5.41, 5.74) is 3.23. The Kier molecular flexibility index (Phi) is 5.46. The number of hydrogen-bond acceptors (Lipinski definition) is 3. The molecule has 0 bridgehead atoms. The Labute approximate surface area is 153 Å². The van der Waals surface area contributed by atoms with Gasteiger partial charge in [0.25, 0.3) is 5.91 Å². The maximum atomic E-state index is 12.1. The van der Waals surface area contributed by atoms with E-state index in [0.717, 1.165) is 34.9 Å². The van der Waals surface area contributed by atoms with Crippen molar-refractivity contribution in [2.75, 3.05) is 0 Å². The average Bonchev–Trinajstić information content (AvgIpc) is 2.89. The lowest BCUT2D eigenvalue weighted by Gasteiger charge is -2.05. The molecule has 1 heterocycles. The molecule has 5 nitrogen and oxygen atoms in total. The van der Waals surface area contributed by atoms with E-state index in [1.807, 2.05) is 60.0 Å². The lowest BCUT2D eigenvalue weighted by atomic mass is 10.1. The molecule has 3 rings (SSSR count). The van der Waals surface area contributed by atoms with Crippen molar-refractivity contribution < 1.29 is 9.90 Å². The standard InChI is InChI=1S/C21H23N3O2/c1-3-4-12-24-18-11-10-15(2)13-17(18)20(21(24)26)23-22-19(25)14-16-8-6-5-7-9-16/h5-11,13,26H,3-4,12,14H2,1-2H3. The molecule has 26 heavy (non-hydrogen) atoms. The van der Waals surface area contributed by atoms with Gasteiger partial charge in [-0.15, -0.1) is 10.2 Å². The largest absolute Gasteiger partial charge is 0.493 e. The zero-order valence-electron chi connectivity index (χ0n) is 15.1. The molecule has 3 aromatic rings. The second-order valence-corrected chi connectivity index (χ2v) is 6.45. The molecule has 0 atom stereocenters. The van der Waals surface area contributed by atoms with E-state index in [-0.39, 0.29) is 18.2 Å². The third-order valence-corrected chi connectivity index (χ3v) is 4.36. The van der Waals surface area contributed by atoms with Crippen LogP contribution in [0, 0.1) is 6.92 Å².